The highest BCUT2D eigenvalue weighted by molar-refractivity contribution is 7.98. The number of fused-ring (bicyclic) bond motifs is 2. The highest BCUT2D eigenvalue weighted by Crippen LogP contribution is 2.38. The van der Waals surface area contributed by atoms with Gasteiger partial charge in [0.25, 0.3) is 0 Å². The molecular weight excluding hydrogens is 401 g/mol. The van der Waals surface area contributed by atoms with Crippen molar-refractivity contribution in [3.63, 3.8) is 0 Å². The van der Waals surface area contributed by atoms with Gasteiger partial charge in [0.15, 0.2) is 11.6 Å². The Morgan fingerprint density at radius 3 is 2.48 bits per heavy atom. The van der Waals surface area contributed by atoms with E-state index in [0.29, 0.717) is 23.9 Å². The van der Waals surface area contributed by atoms with Crippen LogP contribution in [0.25, 0.3) is 11.4 Å². The van der Waals surface area contributed by atoms with Gasteiger partial charge in [-0.3, -0.25) is 0 Å². The molecule has 5 nitrogen and oxygen atoms in total. The minimum absolute atomic E-state index is 0.155. The second-order valence-electron chi connectivity index (χ2n) is 6.16. The van der Waals surface area contributed by atoms with E-state index in [0.717, 1.165) is 25.1 Å². The molecule has 2 aliphatic heterocycles. The summed E-state index contributed by atoms with van der Waals surface area (Å²) in [7, 11) is 0. The monoisotopic (exact) mass is 415 g/mol. The summed E-state index contributed by atoms with van der Waals surface area (Å²) in [5.74, 6) is 1.26. The smallest absolute Gasteiger partial charge is 0.250 e. The van der Waals surface area contributed by atoms with Crippen LogP contribution in [0.5, 0.6) is 0 Å². The van der Waals surface area contributed by atoms with Gasteiger partial charge < -0.3 is 10.2 Å². The van der Waals surface area contributed by atoms with E-state index in [1.807, 2.05) is 30.5 Å². The predicted molar refractivity (Wildman–Crippen MR) is 104 cm³/mol. The van der Waals surface area contributed by atoms with Gasteiger partial charge in [0.2, 0.25) is 9.74 Å². The molecule has 1 aromatic carbocycles. The zero-order valence-corrected chi connectivity index (χ0v) is 16.5. The van der Waals surface area contributed by atoms with Crippen molar-refractivity contribution in [2.75, 3.05) is 24.2 Å². The highest BCUT2D eigenvalue weighted by Gasteiger charge is 2.40. The summed E-state index contributed by atoms with van der Waals surface area (Å²) >= 11 is 19.9. The number of rotatable bonds is 3. The molecule has 1 N–H and O–H groups in total. The van der Waals surface area contributed by atoms with Crippen LogP contribution in [-0.4, -0.2) is 46.4 Å². The van der Waals surface area contributed by atoms with Gasteiger partial charge in [0, 0.05) is 35.6 Å². The second kappa shape index (κ2) is 6.74. The third-order valence-electron chi connectivity index (χ3n) is 4.54. The maximum Gasteiger partial charge on any atom is 0.250 e. The lowest BCUT2D eigenvalue weighted by molar-refractivity contribution is 0.570. The van der Waals surface area contributed by atoms with E-state index in [1.54, 1.807) is 11.8 Å². The maximum atomic E-state index is 6.07. The summed E-state index contributed by atoms with van der Waals surface area (Å²) in [5, 5.41) is 3.47. The molecule has 25 heavy (non-hydrogen) atoms. The molecule has 0 aliphatic carbocycles. The number of anilines is 1. The molecule has 2 atom stereocenters. The standard InChI is InChI=1S/C16H16Cl3N5S/c1-25-12-4-2-9(3-5-12)13-21-14(16(17,18)19)23-15(22-13)24-8-10-6-11(24)7-20-10/h2-5,10-11,20H,6-8H2,1H3. The fourth-order valence-electron chi connectivity index (χ4n) is 3.29. The molecule has 1 aromatic heterocycles. The largest absolute Gasteiger partial charge is 0.335 e. The summed E-state index contributed by atoms with van der Waals surface area (Å²) in [5.41, 5.74) is 0.874. The number of halogens is 3. The Morgan fingerprint density at radius 1 is 1.16 bits per heavy atom. The van der Waals surface area contributed by atoms with Crippen molar-refractivity contribution in [2.45, 2.75) is 27.2 Å². The summed E-state index contributed by atoms with van der Waals surface area (Å²) < 4.78 is -1.69. The van der Waals surface area contributed by atoms with Gasteiger partial charge in [-0.05, 0) is 24.8 Å². The van der Waals surface area contributed by atoms with Crippen LogP contribution in [-0.2, 0) is 3.79 Å². The SMILES string of the molecule is CSc1ccc(-c2nc(N3CC4CC3CN4)nc(C(Cl)(Cl)Cl)n2)cc1. The van der Waals surface area contributed by atoms with Gasteiger partial charge in [-0.15, -0.1) is 11.8 Å². The van der Waals surface area contributed by atoms with Crippen molar-refractivity contribution < 1.29 is 0 Å². The van der Waals surface area contributed by atoms with Crippen molar-refractivity contribution in [2.24, 2.45) is 0 Å². The van der Waals surface area contributed by atoms with Gasteiger partial charge in [0.05, 0.1) is 0 Å². The number of nitrogens with zero attached hydrogens (tertiary/aromatic N) is 4. The summed E-state index contributed by atoms with van der Waals surface area (Å²) in [4.78, 5) is 16.9. The van der Waals surface area contributed by atoms with Crippen molar-refractivity contribution in [1.29, 1.82) is 0 Å². The first-order chi connectivity index (χ1) is 11.9. The Balaban J connectivity index is 1.76. The van der Waals surface area contributed by atoms with Crippen molar-refractivity contribution in [3.05, 3.63) is 30.1 Å². The fourth-order valence-corrected chi connectivity index (χ4v) is 3.96. The fraction of sp³-hybridized carbons (Fsp3) is 0.438. The van der Waals surface area contributed by atoms with Crippen LogP contribution in [0.1, 0.15) is 12.2 Å². The molecular formula is C16H16Cl3N5S. The van der Waals surface area contributed by atoms with Crippen LogP contribution in [0.2, 0.25) is 0 Å². The number of hydrogen-bond acceptors (Lipinski definition) is 6. The lowest BCUT2D eigenvalue weighted by Gasteiger charge is -2.28. The lowest BCUT2D eigenvalue weighted by Crippen LogP contribution is -2.44. The molecule has 3 heterocycles. The summed E-state index contributed by atoms with van der Waals surface area (Å²) in [6, 6.07) is 8.86. The number of piperazine rings is 1. The topological polar surface area (TPSA) is 53.9 Å². The molecule has 0 radical (unpaired) electrons. The summed E-state index contributed by atoms with van der Waals surface area (Å²) in [6.07, 6.45) is 3.12. The van der Waals surface area contributed by atoms with E-state index in [-0.39, 0.29) is 5.82 Å². The molecule has 0 spiro atoms. The zero-order valence-electron chi connectivity index (χ0n) is 13.4. The number of hydrogen-bond donors (Lipinski definition) is 1. The Labute approximate surface area is 165 Å². The van der Waals surface area contributed by atoms with Crippen LogP contribution < -0.4 is 10.2 Å². The average Bonchev–Trinajstić information content (AvgIpc) is 3.24. The first-order valence-corrected chi connectivity index (χ1v) is 10.3. The summed E-state index contributed by atoms with van der Waals surface area (Å²) in [6.45, 7) is 1.79. The Morgan fingerprint density at radius 2 is 1.92 bits per heavy atom. The van der Waals surface area contributed by atoms with Gasteiger partial charge >= 0.3 is 0 Å². The van der Waals surface area contributed by atoms with Crippen molar-refractivity contribution in [1.82, 2.24) is 20.3 Å². The first-order valence-electron chi connectivity index (χ1n) is 7.92. The molecule has 2 aliphatic rings. The van der Waals surface area contributed by atoms with Crippen LogP contribution in [0.15, 0.2) is 29.2 Å². The molecule has 2 fully saturated rings. The van der Waals surface area contributed by atoms with E-state index >= 15 is 0 Å². The molecule has 9 heteroatoms. The first kappa shape index (κ1) is 17.6. The molecule has 0 amide bonds. The Kier molecular flexibility index (Phi) is 4.75. The molecule has 2 unspecified atom stereocenters. The molecule has 2 saturated heterocycles. The van der Waals surface area contributed by atoms with Gasteiger partial charge in [0.1, 0.15) is 0 Å². The Hall–Kier alpha value is -0.790. The van der Waals surface area contributed by atoms with Crippen LogP contribution >= 0.6 is 46.6 Å². The van der Waals surface area contributed by atoms with Gasteiger partial charge in [-0.2, -0.15) is 9.97 Å². The number of nitrogens with one attached hydrogen (secondary N) is 1. The molecule has 132 valence electrons. The number of thioether (sulfide) groups is 1. The van der Waals surface area contributed by atoms with E-state index in [4.69, 9.17) is 34.8 Å². The number of aromatic nitrogens is 3. The van der Waals surface area contributed by atoms with Crippen LogP contribution in [0.3, 0.4) is 0 Å². The second-order valence-corrected chi connectivity index (χ2v) is 9.32. The number of benzene rings is 1. The molecule has 0 saturated carbocycles. The molecule has 4 rings (SSSR count). The minimum atomic E-state index is -1.69. The van der Waals surface area contributed by atoms with E-state index in [2.05, 4.69) is 25.2 Å². The van der Waals surface area contributed by atoms with Gasteiger partial charge in [-0.25, -0.2) is 4.98 Å². The van der Waals surface area contributed by atoms with E-state index in [1.165, 1.54) is 4.90 Å². The predicted octanol–water partition coefficient (Wildman–Crippen LogP) is 3.64. The van der Waals surface area contributed by atoms with E-state index < -0.39 is 3.79 Å². The normalized spacial score (nSPS) is 22.6. The average molecular weight is 417 g/mol. The van der Waals surface area contributed by atoms with Crippen LogP contribution in [0, 0.1) is 0 Å². The third-order valence-corrected chi connectivity index (χ3v) is 5.79. The van der Waals surface area contributed by atoms with Crippen molar-refractivity contribution in [3.8, 4) is 11.4 Å². The zero-order chi connectivity index (χ0) is 17.6. The Bertz CT molecular complexity index is 780. The maximum absolute atomic E-state index is 6.07. The number of alkyl halides is 3. The lowest BCUT2D eigenvalue weighted by atomic mass is 10.2. The molecule has 2 bridgehead atoms. The quantitative estimate of drug-likeness (QED) is 0.609. The van der Waals surface area contributed by atoms with Gasteiger partial charge in [-0.1, -0.05) is 46.9 Å². The minimum Gasteiger partial charge on any atom is -0.335 e. The highest BCUT2D eigenvalue weighted by atomic mass is 35.6. The van der Waals surface area contributed by atoms with Crippen LogP contribution in [0.4, 0.5) is 5.95 Å². The van der Waals surface area contributed by atoms with E-state index in [9.17, 15) is 0 Å². The molecule has 2 aromatic rings. The third kappa shape index (κ3) is 3.55. The van der Waals surface area contributed by atoms with Crippen molar-refractivity contribution >= 4 is 52.5 Å².